The van der Waals surface area contributed by atoms with Crippen molar-refractivity contribution >= 4 is 12.0 Å². The Labute approximate surface area is 125 Å². The number of carbonyl (C=O) groups is 1. The lowest BCUT2D eigenvalue weighted by Gasteiger charge is -2.28. The molecule has 1 fully saturated rings. The molecule has 0 atom stereocenters. The molecule has 1 aliphatic rings. The van der Waals surface area contributed by atoms with Gasteiger partial charge in [0.15, 0.2) is 0 Å². The van der Waals surface area contributed by atoms with E-state index in [4.69, 9.17) is 5.11 Å². The van der Waals surface area contributed by atoms with E-state index in [1.165, 1.54) is 43.9 Å². The number of carboxylic acid groups (broad SMARTS) is 1. The lowest BCUT2D eigenvalue weighted by molar-refractivity contribution is -0.131. The lowest BCUT2D eigenvalue weighted by Crippen LogP contribution is -2.32. The van der Waals surface area contributed by atoms with Crippen LogP contribution in [0.25, 0.3) is 6.08 Å². The highest BCUT2D eigenvalue weighted by Gasteiger charge is 2.21. The zero-order valence-electron chi connectivity index (χ0n) is 12.4. The van der Waals surface area contributed by atoms with Gasteiger partial charge in [0.2, 0.25) is 0 Å². The van der Waals surface area contributed by atoms with Crippen LogP contribution in [0.4, 0.5) is 4.39 Å². The molecule has 0 unspecified atom stereocenters. The molecule has 4 heteroatoms. The number of hydrogen-bond acceptors (Lipinski definition) is 2. The van der Waals surface area contributed by atoms with Gasteiger partial charge in [-0.05, 0) is 48.7 Å². The summed E-state index contributed by atoms with van der Waals surface area (Å²) in [6.45, 7) is 3.82. The van der Waals surface area contributed by atoms with Crippen molar-refractivity contribution in [2.24, 2.45) is 0 Å². The van der Waals surface area contributed by atoms with E-state index in [-0.39, 0.29) is 5.82 Å². The number of hydrogen-bond donors (Lipinski definition) is 1. The molecule has 0 aliphatic heterocycles. The molecule has 0 radical (unpaired) electrons. The van der Waals surface area contributed by atoms with Gasteiger partial charge >= 0.3 is 5.97 Å². The van der Waals surface area contributed by atoms with E-state index in [2.05, 4.69) is 11.8 Å². The number of rotatable bonds is 6. The van der Waals surface area contributed by atoms with Crippen molar-refractivity contribution < 1.29 is 14.3 Å². The van der Waals surface area contributed by atoms with Crippen LogP contribution in [0, 0.1) is 5.82 Å². The van der Waals surface area contributed by atoms with Crippen molar-refractivity contribution in [2.75, 3.05) is 6.54 Å². The predicted octanol–water partition coefficient (Wildman–Crippen LogP) is 3.69. The van der Waals surface area contributed by atoms with E-state index in [9.17, 15) is 9.18 Å². The Morgan fingerprint density at radius 1 is 1.43 bits per heavy atom. The molecule has 0 spiro atoms. The third kappa shape index (κ3) is 4.39. The fraction of sp³-hybridized carbons (Fsp3) is 0.471. The van der Waals surface area contributed by atoms with Crippen molar-refractivity contribution in [2.45, 2.75) is 45.2 Å². The molecular weight excluding hydrogens is 269 g/mol. The van der Waals surface area contributed by atoms with Crippen molar-refractivity contribution in [1.82, 2.24) is 4.90 Å². The Morgan fingerprint density at radius 3 is 2.76 bits per heavy atom. The normalized spacial score (nSPS) is 16.1. The molecule has 114 valence electrons. The van der Waals surface area contributed by atoms with Gasteiger partial charge in [-0.3, -0.25) is 4.90 Å². The van der Waals surface area contributed by atoms with Crippen molar-refractivity contribution in [3.63, 3.8) is 0 Å². The Bertz CT molecular complexity index is 522. The number of benzene rings is 1. The highest BCUT2D eigenvalue weighted by Crippen LogP contribution is 2.26. The smallest absolute Gasteiger partial charge is 0.328 e. The Kier molecular flexibility index (Phi) is 5.51. The van der Waals surface area contributed by atoms with Gasteiger partial charge in [0.25, 0.3) is 0 Å². The van der Waals surface area contributed by atoms with E-state index in [0.29, 0.717) is 11.6 Å². The fourth-order valence-corrected chi connectivity index (χ4v) is 3.01. The van der Waals surface area contributed by atoms with Crippen LogP contribution < -0.4 is 0 Å². The molecule has 1 N–H and O–H groups in total. The maximum absolute atomic E-state index is 13.4. The third-order valence-electron chi connectivity index (χ3n) is 4.13. The maximum atomic E-state index is 13.4. The first-order valence-electron chi connectivity index (χ1n) is 7.53. The second-order valence-corrected chi connectivity index (χ2v) is 5.52. The molecule has 1 aliphatic carbocycles. The monoisotopic (exact) mass is 291 g/mol. The SMILES string of the molecule is CCN(Cc1ccc(F)cc1C=CC(=O)O)C1CCCC1. The predicted molar refractivity (Wildman–Crippen MR) is 81.4 cm³/mol. The average molecular weight is 291 g/mol. The molecule has 2 rings (SSSR count). The van der Waals surface area contributed by atoms with Gasteiger partial charge in [-0.15, -0.1) is 0 Å². The molecule has 0 heterocycles. The lowest BCUT2D eigenvalue weighted by atomic mass is 10.0. The second-order valence-electron chi connectivity index (χ2n) is 5.52. The topological polar surface area (TPSA) is 40.5 Å². The summed E-state index contributed by atoms with van der Waals surface area (Å²) in [6, 6.07) is 5.19. The molecule has 1 aromatic rings. The third-order valence-corrected chi connectivity index (χ3v) is 4.13. The van der Waals surface area contributed by atoms with E-state index in [1.54, 1.807) is 6.07 Å². The Balaban J connectivity index is 2.19. The molecule has 0 aromatic heterocycles. The van der Waals surface area contributed by atoms with Gasteiger partial charge < -0.3 is 5.11 Å². The van der Waals surface area contributed by atoms with Gasteiger partial charge in [-0.2, -0.15) is 0 Å². The second kappa shape index (κ2) is 7.36. The van der Waals surface area contributed by atoms with Crippen LogP contribution >= 0.6 is 0 Å². The number of aliphatic carboxylic acids is 1. The molecule has 1 saturated carbocycles. The van der Waals surface area contributed by atoms with Gasteiger partial charge in [0.1, 0.15) is 5.82 Å². The summed E-state index contributed by atoms with van der Waals surface area (Å²) in [5, 5.41) is 8.74. The van der Waals surface area contributed by atoms with Gasteiger partial charge in [0, 0.05) is 18.7 Å². The van der Waals surface area contributed by atoms with Gasteiger partial charge in [-0.1, -0.05) is 25.8 Å². The zero-order valence-corrected chi connectivity index (χ0v) is 12.4. The maximum Gasteiger partial charge on any atom is 0.328 e. The molecule has 0 saturated heterocycles. The van der Waals surface area contributed by atoms with Crippen LogP contribution in [0.5, 0.6) is 0 Å². The summed E-state index contributed by atoms with van der Waals surface area (Å²) >= 11 is 0. The van der Waals surface area contributed by atoms with E-state index in [0.717, 1.165) is 24.7 Å². The Morgan fingerprint density at radius 2 is 2.14 bits per heavy atom. The van der Waals surface area contributed by atoms with Gasteiger partial charge in [0.05, 0.1) is 0 Å². The summed E-state index contributed by atoms with van der Waals surface area (Å²) in [6.07, 6.45) is 7.52. The van der Waals surface area contributed by atoms with Crippen LogP contribution in [0.1, 0.15) is 43.7 Å². The number of halogens is 1. The minimum Gasteiger partial charge on any atom is -0.478 e. The molecule has 0 bridgehead atoms. The Hall–Kier alpha value is -1.68. The number of nitrogens with zero attached hydrogens (tertiary/aromatic N) is 1. The number of carboxylic acids is 1. The van der Waals surface area contributed by atoms with Crippen molar-refractivity contribution in [1.29, 1.82) is 0 Å². The van der Waals surface area contributed by atoms with Gasteiger partial charge in [-0.25, -0.2) is 9.18 Å². The largest absolute Gasteiger partial charge is 0.478 e. The standard InChI is InChI=1S/C17H22FNO2/c1-2-19(16-5-3-4-6-16)12-14-7-9-15(18)11-13(14)8-10-17(20)21/h7-11,16H,2-6,12H2,1H3,(H,20,21). The van der Waals surface area contributed by atoms with Crippen LogP contribution in [-0.4, -0.2) is 28.6 Å². The van der Waals surface area contributed by atoms with Crippen molar-refractivity contribution in [3.05, 3.63) is 41.2 Å². The molecule has 1 aromatic carbocycles. The van der Waals surface area contributed by atoms with Crippen LogP contribution in [0.2, 0.25) is 0 Å². The zero-order chi connectivity index (χ0) is 15.2. The quantitative estimate of drug-likeness (QED) is 0.813. The van der Waals surface area contributed by atoms with E-state index in [1.807, 2.05) is 0 Å². The van der Waals surface area contributed by atoms with Crippen molar-refractivity contribution in [3.8, 4) is 0 Å². The summed E-state index contributed by atoms with van der Waals surface area (Å²) in [4.78, 5) is 13.1. The molecular formula is C17H22FNO2. The summed E-state index contributed by atoms with van der Waals surface area (Å²) in [5.74, 6) is -1.36. The highest BCUT2D eigenvalue weighted by atomic mass is 19.1. The first-order chi connectivity index (χ1) is 10.1. The van der Waals surface area contributed by atoms with Crippen LogP contribution in [-0.2, 0) is 11.3 Å². The van der Waals surface area contributed by atoms with E-state index < -0.39 is 5.97 Å². The van der Waals surface area contributed by atoms with Crippen LogP contribution in [0.15, 0.2) is 24.3 Å². The summed E-state index contributed by atoms with van der Waals surface area (Å²) < 4.78 is 13.4. The van der Waals surface area contributed by atoms with E-state index >= 15 is 0 Å². The summed E-state index contributed by atoms with van der Waals surface area (Å²) in [5.41, 5.74) is 1.62. The minimum atomic E-state index is -1.02. The first kappa shape index (κ1) is 15.7. The fourth-order valence-electron chi connectivity index (χ4n) is 3.01. The summed E-state index contributed by atoms with van der Waals surface area (Å²) in [7, 11) is 0. The minimum absolute atomic E-state index is 0.340. The molecule has 0 amide bonds. The first-order valence-corrected chi connectivity index (χ1v) is 7.53. The van der Waals surface area contributed by atoms with Crippen LogP contribution in [0.3, 0.4) is 0 Å². The average Bonchev–Trinajstić information content (AvgIpc) is 2.98. The molecule has 21 heavy (non-hydrogen) atoms. The molecule has 3 nitrogen and oxygen atoms in total. The highest BCUT2D eigenvalue weighted by molar-refractivity contribution is 5.85.